The van der Waals surface area contributed by atoms with Crippen molar-refractivity contribution in [2.45, 2.75) is 77.4 Å². The third kappa shape index (κ3) is 7.15. The van der Waals surface area contributed by atoms with Crippen molar-refractivity contribution in [3.63, 3.8) is 0 Å². The van der Waals surface area contributed by atoms with Gasteiger partial charge in [-0.2, -0.15) is 5.26 Å². The molecule has 238 valence electrons. The Bertz CT molecular complexity index is 1680. The summed E-state index contributed by atoms with van der Waals surface area (Å²) in [5, 5.41) is 13.2. The van der Waals surface area contributed by atoms with Gasteiger partial charge in [0.2, 0.25) is 17.7 Å². The highest BCUT2D eigenvalue weighted by Crippen LogP contribution is 2.40. The summed E-state index contributed by atoms with van der Waals surface area (Å²) in [6.45, 7) is 8.35. The van der Waals surface area contributed by atoms with Crippen LogP contribution < -0.4 is 10.2 Å². The smallest absolute Gasteiger partial charge is 0.257 e. The lowest BCUT2D eigenvalue weighted by Gasteiger charge is -2.37. The van der Waals surface area contributed by atoms with E-state index in [1.165, 1.54) is 23.6 Å². The molecular formula is C36H39N5O4S. The average Bonchev–Trinajstić information content (AvgIpc) is 3.34. The maximum absolute atomic E-state index is 13.9. The first-order valence-corrected chi connectivity index (χ1v) is 16.6. The van der Waals surface area contributed by atoms with Gasteiger partial charge in [-0.1, -0.05) is 69.3 Å². The summed E-state index contributed by atoms with van der Waals surface area (Å²) in [6.07, 6.45) is 3.68. The van der Waals surface area contributed by atoms with E-state index in [0.717, 1.165) is 47.4 Å². The number of pyridine rings is 1. The molecule has 2 aromatic carbocycles. The highest BCUT2D eigenvalue weighted by molar-refractivity contribution is 8.00. The largest absolute Gasteiger partial charge is 0.326 e. The monoisotopic (exact) mass is 637 g/mol. The second kappa shape index (κ2) is 13.9. The predicted molar refractivity (Wildman–Crippen MR) is 178 cm³/mol. The van der Waals surface area contributed by atoms with Crippen molar-refractivity contribution >= 4 is 46.8 Å². The van der Waals surface area contributed by atoms with Crippen molar-refractivity contribution in [1.29, 1.82) is 5.26 Å². The fourth-order valence-corrected chi connectivity index (χ4v) is 7.05. The summed E-state index contributed by atoms with van der Waals surface area (Å²) < 4.78 is 0. The molecule has 1 aliphatic carbocycles. The van der Waals surface area contributed by atoms with Gasteiger partial charge >= 0.3 is 0 Å². The second-order valence-electron chi connectivity index (χ2n) is 12.7. The molecule has 2 heterocycles. The molecule has 0 radical (unpaired) electrons. The van der Waals surface area contributed by atoms with Crippen LogP contribution in [0.25, 0.3) is 0 Å². The molecule has 2 unspecified atom stereocenters. The number of nitrogens with one attached hydrogen (secondary N) is 1. The SMILES string of the molecule is CCC(C)(C)C1CCc2nc(SCC(=O)N(Cc3ccccc3)C3CC(=O)N(c4ccc(NC(C)=O)cc4)C3=O)c(C#N)cc2C1. The number of hydrogen-bond acceptors (Lipinski definition) is 7. The number of carbonyl (C=O) groups excluding carboxylic acids is 4. The fourth-order valence-electron chi connectivity index (χ4n) is 6.18. The minimum Gasteiger partial charge on any atom is -0.326 e. The Morgan fingerprint density at radius 2 is 1.83 bits per heavy atom. The molecule has 2 aliphatic rings. The first-order chi connectivity index (χ1) is 22.0. The van der Waals surface area contributed by atoms with Crippen LogP contribution in [0.5, 0.6) is 0 Å². The van der Waals surface area contributed by atoms with Crippen LogP contribution in [0.1, 0.15) is 69.3 Å². The first-order valence-electron chi connectivity index (χ1n) is 15.6. The molecule has 1 saturated heterocycles. The minimum atomic E-state index is -0.985. The Hall–Kier alpha value is -4.49. The summed E-state index contributed by atoms with van der Waals surface area (Å²) in [4.78, 5) is 59.7. The van der Waals surface area contributed by atoms with Crippen molar-refractivity contribution in [2.24, 2.45) is 11.3 Å². The number of anilines is 2. The summed E-state index contributed by atoms with van der Waals surface area (Å²) in [6, 6.07) is 19.0. The van der Waals surface area contributed by atoms with E-state index in [-0.39, 0.29) is 35.9 Å². The van der Waals surface area contributed by atoms with Gasteiger partial charge in [0.25, 0.3) is 5.91 Å². The number of imide groups is 1. The topological polar surface area (TPSA) is 123 Å². The molecule has 10 heteroatoms. The van der Waals surface area contributed by atoms with Gasteiger partial charge in [0, 0.05) is 24.8 Å². The number of nitrogens with zero attached hydrogens (tertiary/aromatic N) is 4. The van der Waals surface area contributed by atoms with Gasteiger partial charge in [0.05, 0.1) is 23.4 Å². The number of hydrogen-bond donors (Lipinski definition) is 1. The third-order valence-electron chi connectivity index (χ3n) is 9.28. The van der Waals surface area contributed by atoms with Gasteiger partial charge in [-0.05, 0) is 72.1 Å². The zero-order valence-corrected chi connectivity index (χ0v) is 27.5. The summed E-state index contributed by atoms with van der Waals surface area (Å²) in [5.74, 6) is -0.967. The minimum absolute atomic E-state index is 0.0395. The van der Waals surface area contributed by atoms with Crippen molar-refractivity contribution in [3.05, 3.63) is 83.0 Å². The van der Waals surface area contributed by atoms with E-state index in [1.54, 1.807) is 24.3 Å². The van der Waals surface area contributed by atoms with E-state index in [9.17, 15) is 24.4 Å². The molecule has 0 saturated carbocycles. The normalized spacial score (nSPS) is 17.8. The van der Waals surface area contributed by atoms with Crippen LogP contribution >= 0.6 is 11.8 Å². The Morgan fingerprint density at radius 3 is 2.48 bits per heavy atom. The van der Waals surface area contributed by atoms with Crippen molar-refractivity contribution in [1.82, 2.24) is 9.88 Å². The van der Waals surface area contributed by atoms with E-state index in [1.807, 2.05) is 36.4 Å². The Balaban J connectivity index is 1.36. The number of amides is 4. The lowest BCUT2D eigenvalue weighted by atomic mass is 9.69. The number of thioether (sulfide) groups is 1. The molecule has 4 amide bonds. The fraction of sp³-hybridized carbons (Fsp3) is 0.389. The molecule has 1 N–H and O–H groups in total. The van der Waals surface area contributed by atoms with Crippen LogP contribution in [0.15, 0.2) is 65.7 Å². The molecule has 3 aromatic rings. The van der Waals surface area contributed by atoms with Gasteiger partial charge in [0.1, 0.15) is 17.1 Å². The van der Waals surface area contributed by atoms with Crippen LogP contribution in [-0.4, -0.2) is 45.3 Å². The van der Waals surface area contributed by atoms with Crippen LogP contribution in [0, 0.1) is 22.7 Å². The zero-order valence-electron chi connectivity index (χ0n) is 26.7. The lowest BCUT2D eigenvalue weighted by molar-refractivity contribution is -0.136. The van der Waals surface area contributed by atoms with Crippen LogP contribution in [0.2, 0.25) is 0 Å². The Kier molecular flexibility index (Phi) is 9.92. The van der Waals surface area contributed by atoms with Crippen molar-refractivity contribution in [2.75, 3.05) is 16.0 Å². The van der Waals surface area contributed by atoms with E-state index in [4.69, 9.17) is 4.98 Å². The van der Waals surface area contributed by atoms with Gasteiger partial charge in [-0.25, -0.2) is 9.88 Å². The highest BCUT2D eigenvalue weighted by atomic mass is 32.2. The lowest BCUT2D eigenvalue weighted by Crippen LogP contribution is -2.45. The van der Waals surface area contributed by atoms with Crippen LogP contribution in [0.3, 0.4) is 0 Å². The van der Waals surface area contributed by atoms with E-state index in [2.05, 4.69) is 32.2 Å². The number of fused-ring (bicyclic) bond motifs is 1. The zero-order chi connectivity index (χ0) is 33.0. The number of nitriles is 1. The van der Waals surface area contributed by atoms with Crippen molar-refractivity contribution in [3.8, 4) is 6.07 Å². The second-order valence-corrected chi connectivity index (χ2v) is 13.6. The standard InChI is InChI=1S/C36H39N5O4S/c1-5-36(3,4)27-11-16-30-25(18-27)17-26(20-37)34(39-30)46-22-33(44)40(21-24-9-7-6-8-10-24)31-19-32(43)41(35(31)45)29-14-12-28(13-15-29)38-23(2)42/h6-10,12-15,17,27,31H,5,11,16,18-19,21-22H2,1-4H3,(H,38,42). The highest BCUT2D eigenvalue weighted by Gasteiger charge is 2.44. The molecule has 1 aliphatic heterocycles. The molecule has 2 atom stereocenters. The molecule has 1 aromatic heterocycles. The number of benzene rings is 2. The molecule has 46 heavy (non-hydrogen) atoms. The Morgan fingerprint density at radius 1 is 1.11 bits per heavy atom. The van der Waals surface area contributed by atoms with E-state index >= 15 is 0 Å². The number of rotatable bonds is 10. The first kappa shape index (κ1) is 32.9. The van der Waals surface area contributed by atoms with E-state index < -0.39 is 17.9 Å². The molecule has 9 nitrogen and oxygen atoms in total. The van der Waals surface area contributed by atoms with Gasteiger partial charge in [-0.15, -0.1) is 0 Å². The predicted octanol–water partition coefficient (Wildman–Crippen LogP) is 5.91. The van der Waals surface area contributed by atoms with Gasteiger partial charge in [-0.3, -0.25) is 19.2 Å². The maximum Gasteiger partial charge on any atom is 0.257 e. The summed E-state index contributed by atoms with van der Waals surface area (Å²) in [7, 11) is 0. The molecule has 1 fully saturated rings. The van der Waals surface area contributed by atoms with Gasteiger partial charge in [0.15, 0.2) is 0 Å². The molecular weight excluding hydrogens is 598 g/mol. The molecule has 5 rings (SSSR count). The molecule has 0 spiro atoms. The maximum atomic E-state index is 13.9. The van der Waals surface area contributed by atoms with E-state index in [0.29, 0.717) is 27.9 Å². The number of aryl methyl sites for hydroxylation is 1. The summed E-state index contributed by atoms with van der Waals surface area (Å²) in [5.41, 5.74) is 4.48. The average molecular weight is 638 g/mol. The Labute approximate surface area is 274 Å². The van der Waals surface area contributed by atoms with Crippen LogP contribution in [-0.2, 0) is 38.6 Å². The number of carbonyl (C=O) groups is 4. The van der Waals surface area contributed by atoms with Crippen LogP contribution in [0.4, 0.5) is 11.4 Å². The molecule has 0 bridgehead atoms. The quantitative estimate of drug-likeness (QED) is 0.217. The van der Waals surface area contributed by atoms with Gasteiger partial charge < -0.3 is 10.2 Å². The summed E-state index contributed by atoms with van der Waals surface area (Å²) >= 11 is 1.20. The third-order valence-corrected chi connectivity index (χ3v) is 10.3. The number of aromatic nitrogens is 1. The van der Waals surface area contributed by atoms with Crippen molar-refractivity contribution < 1.29 is 19.2 Å².